The van der Waals surface area contributed by atoms with Crippen LogP contribution in [0.4, 0.5) is 0 Å². The molecule has 0 saturated heterocycles. The van der Waals surface area contributed by atoms with Gasteiger partial charge >= 0.3 is 0 Å². The zero-order chi connectivity index (χ0) is 19.9. The van der Waals surface area contributed by atoms with Crippen LogP contribution in [-0.4, -0.2) is 33.9 Å². The average molecular weight is 391 g/mol. The smallest absolute Gasteiger partial charge is 0.244 e. The Labute approximate surface area is 157 Å². The highest BCUT2D eigenvalue weighted by Crippen LogP contribution is 2.15. The molecule has 0 radical (unpaired) electrons. The number of amides is 2. The fourth-order valence-corrected chi connectivity index (χ4v) is 3.37. The first-order chi connectivity index (χ1) is 12.8. The molecule has 0 fully saturated rings. The fraction of sp³-hybridized carbons (Fsp3) is 0.222. The highest BCUT2D eigenvalue weighted by Gasteiger charge is 2.20. The minimum absolute atomic E-state index is 0.0583. The van der Waals surface area contributed by atoms with Gasteiger partial charge in [-0.25, -0.2) is 13.1 Å². The van der Waals surface area contributed by atoms with Gasteiger partial charge in [-0.2, -0.15) is 0 Å². The van der Waals surface area contributed by atoms with Crippen molar-refractivity contribution in [2.24, 2.45) is 5.73 Å². The van der Waals surface area contributed by atoms with Gasteiger partial charge in [0.05, 0.1) is 12.0 Å². The molecule has 9 heteroatoms. The van der Waals surface area contributed by atoms with Gasteiger partial charge < -0.3 is 15.8 Å². The molecule has 2 aromatic rings. The Bertz CT molecular complexity index is 883. The van der Waals surface area contributed by atoms with E-state index in [0.29, 0.717) is 11.3 Å². The average Bonchev–Trinajstić information content (AvgIpc) is 2.66. The third kappa shape index (κ3) is 5.80. The lowest BCUT2D eigenvalue weighted by Crippen LogP contribution is -2.39. The lowest BCUT2D eigenvalue weighted by Gasteiger charge is -2.16. The first-order valence-electron chi connectivity index (χ1n) is 8.11. The Morgan fingerprint density at radius 3 is 2.26 bits per heavy atom. The quantitative estimate of drug-likeness (QED) is 0.580. The molecule has 0 unspecified atom stereocenters. The number of ether oxygens (including phenoxy) is 1. The summed E-state index contributed by atoms with van der Waals surface area (Å²) in [6.45, 7) is -0.125. The normalized spacial score (nSPS) is 12.2. The lowest BCUT2D eigenvalue weighted by atomic mass is 10.1. The van der Waals surface area contributed by atoms with Gasteiger partial charge in [0.1, 0.15) is 11.8 Å². The van der Waals surface area contributed by atoms with Gasteiger partial charge in [0.2, 0.25) is 21.8 Å². The topological polar surface area (TPSA) is 128 Å². The van der Waals surface area contributed by atoms with Crippen LogP contribution in [0.2, 0.25) is 0 Å². The van der Waals surface area contributed by atoms with Gasteiger partial charge in [-0.05, 0) is 29.8 Å². The number of nitrogens with one attached hydrogen (secondary N) is 2. The summed E-state index contributed by atoms with van der Waals surface area (Å²) in [6.07, 6.45) is -0.147. The minimum atomic E-state index is -3.76. The van der Waals surface area contributed by atoms with E-state index in [9.17, 15) is 18.0 Å². The predicted octanol–water partition coefficient (Wildman–Crippen LogP) is 0.706. The summed E-state index contributed by atoms with van der Waals surface area (Å²) in [5, 5.41) is 2.51. The number of carbonyl (C=O) groups excluding carboxylic acids is 2. The van der Waals surface area contributed by atoms with Crippen LogP contribution in [0.1, 0.15) is 18.0 Å². The molecule has 0 heterocycles. The Kier molecular flexibility index (Phi) is 6.91. The number of methoxy groups -OCH3 is 1. The summed E-state index contributed by atoms with van der Waals surface area (Å²) >= 11 is 0. The number of rotatable bonds is 9. The fourth-order valence-electron chi connectivity index (χ4n) is 2.33. The summed E-state index contributed by atoms with van der Waals surface area (Å²) in [5.74, 6) is -0.666. The molecule has 0 spiro atoms. The van der Waals surface area contributed by atoms with Crippen LogP contribution in [0.15, 0.2) is 59.5 Å². The zero-order valence-electron chi connectivity index (χ0n) is 14.7. The van der Waals surface area contributed by atoms with Crippen molar-refractivity contribution in [3.05, 3.63) is 60.2 Å². The van der Waals surface area contributed by atoms with Gasteiger partial charge in [0.15, 0.2) is 0 Å². The molecule has 144 valence electrons. The molecule has 0 aliphatic rings. The number of sulfonamides is 1. The van der Waals surface area contributed by atoms with Crippen molar-refractivity contribution in [2.45, 2.75) is 17.4 Å². The monoisotopic (exact) mass is 391 g/mol. The van der Waals surface area contributed by atoms with Crippen molar-refractivity contribution in [3.8, 4) is 5.75 Å². The van der Waals surface area contributed by atoms with Crippen LogP contribution in [-0.2, 0) is 19.6 Å². The van der Waals surface area contributed by atoms with E-state index in [1.54, 1.807) is 30.3 Å². The maximum absolute atomic E-state index is 12.2. The molecule has 27 heavy (non-hydrogen) atoms. The van der Waals surface area contributed by atoms with E-state index < -0.39 is 27.9 Å². The van der Waals surface area contributed by atoms with Crippen molar-refractivity contribution in [3.63, 3.8) is 0 Å². The highest BCUT2D eigenvalue weighted by molar-refractivity contribution is 7.89. The van der Waals surface area contributed by atoms with E-state index in [1.165, 1.54) is 31.4 Å². The van der Waals surface area contributed by atoms with Crippen LogP contribution in [0.3, 0.4) is 0 Å². The molecule has 2 rings (SSSR count). The molecule has 1 atom stereocenters. The van der Waals surface area contributed by atoms with Crippen LogP contribution in [0.25, 0.3) is 0 Å². The second-order valence-electron chi connectivity index (χ2n) is 5.64. The SMILES string of the molecule is COc1ccc(S(=O)(=O)NCCC(=O)N[C@@H](C(N)=O)c2ccccc2)cc1. The van der Waals surface area contributed by atoms with Crippen LogP contribution in [0.5, 0.6) is 5.75 Å². The van der Waals surface area contributed by atoms with Crippen molar-refractivity contribution < 1.29 is 22.7 Å². The van der Waals surface area contributed by atoms with Gasteiger partial charge in [-0.15, -0.1) is 0 Å². The van der Waals surface area contributed by atoms with Crippen LogP contribution >= 0.6 is 0 Å². The molecule has 0 aromatic heterocycles. The van der Waals surface area contributed by atoms with E-state index in [-0.39, 0.29) is 17.9 Å². The maximum Gasteiger partial charge on any atom is 0.244 e. The van der Waals surface area contributed by atoms with E-state index >= 15 is 0 Å². The van der Waals surface area contributed by atoms with Crippen LogP contribution < -0.4 is 20.5 Å². The number of primary amides is 1. The Morgan fingerprint density at radius 1 is 1.07 bits per heavy atom. The first kappa shape index (κ1) is 20.4. The summed E-state index contributed by atoms with van der Waals surface area (Å²) in [5.41, 5.74) is 5.89. The van der Waals surface area contributed by atoms with Crippen molar-refractivity contribution in [2.75, 3.05) is 13.7 Å². The lowest BCUT2D eigenvalue weighted by molar-refractivity contribution is -0.127. The van der Waals surface area contributed by atoms with E-state index in [2.05, 4.69) is 10.0 Å². The Balaban J connectivity index is 1.91. The summed E-state index contributed by atoms with van der Waals surface area (Å²) in [7, 11) is -2.27. The largest absolute Gasteiger partial charge is 0.497 e. The molecule has 4 N–H and O–H groups in total. The molecule has 2 amide bonds. The first-order valence-corrected chi connectivity index (χ1v) is 9.59. The van der Waals surface area contributed by atoms with E-state index in [1.807, 2.05) is 0 Å². The molecule has 8 nitrogen and oxygen atoms in total. The number of benzene rings is 2. The second kappa shape index (κ2) is 9.15. The van der Waals surface area contributed by atoms with Gasteiger partial charge in [0.25, 0.3) is 0 Å². The predicted molar refractivity (Wildman–Crippen MR) is 99.3 cm³/mol. The molecule has 0 saturated carbocycles. The molecule has 0 bridgehead atoms. The summed E-state index contributed by atoms with van der Waals surface area (Å²) in [4.78, 5) is 23.7. The second-order valence-corrected chi connectivity index (χ2v) is 7.40. The third-order valence-electron chi connectivity index (χ3n) is 3.74. The number of carbonyl (C=O) groups is 2. The Hall–Kier alpha value is -2.91. The minimum Gasteiger partial charge on any atom is -0.497 e. The standard InChI is InChI=1S/C18H21N3O5S/c1-26-14-7-9-15(10-8-14)27(24,25)20-12-11-16(22)21-17(18(19)23)13-5-3-2-4-6-13/h2-10,17,20H,11-12H2,1H3,(H2,19,23)(H,21,22)/t17-/m1/s1. The van der Waals surface area contributed by atoms with E-state index in [0.717, 1.165) is 0 Å². The van der Waals surface area contributed by atoms with Crippen molar-refractivity contribution >= 4 is 21.8 Å². The molecule has 2 aromatic carbocycles. The van der Waals surface area contributed by atoms with Crippen molar-refractivity contribution in [1.29, 1.82) is 0 Å². The zero-order valence-corrected chi connectivity index (χ0v) is 15.5. The molecular weight excluding hydrogens is 370 g/mol. The number of hydrogen-bond donors (Lipinski definition) is 3. The van der Waals surface area contributed by atoms with Crippen molar-refractivity contribution in [1.82, 2.24) is 10.0 Å². The number of hydrogen-bond acceptors (Lipinski definition) is 5. The third-order valence-corrected chi connectivity index (χ3v) is 5.21. The van der Waals surface area contributed by atoms with Gasteiger partial charge in [-0.1, -0.05) is 30.3 Å². The van der Waals surface area contributed by atoms with E-state index in [4.69, 9.17) is 10.5 Å². The van der Waals surface area contributed by atoms with Gasteiger partial charge in [-0.3, -0.25) is 9.59 Å². The molecular formula is C18H21N3O5S. The molecule has 0 aliphatic carbocycles. The summed E-state index contributed by atoms with van der Waals surface area (Å²) in [6, 6.07) is 13.4. The Morgan fingerprint density at radius 2 is 1.70 bits per heavy atom. The summed E-state index contributed by atoms with van der Waals surface area (Å²) < 4.78 is 31.7. The highest BCUT2D eigenvalue weighted by atomic mass is 32.2. The maximum atomic E-state index is 12.2. The number of nitrogens with two attached hydrogens (primary N) is 1. The molecule has 0 aliphatic heterocycles. The van der Waals surface area contributed by atoms with Gasteiger partial charge in [0, 0.05) is 13.0 Å². The van der Waals surface area contributed by atoms with Crippen LogP contribution in [0, 0.1) is 0 Å².